The molecule has 0 aliphatic carbocycles. The minimum atomic E-state index is -0.643. The van der Waals surface area contributed by atoms with Crippen LogP contribution in [0, 0.1) is 6.92 Å². The minimum absolute atomic E-state index is 0.0401. The van der Waals surface area contributed by atoms with Crippen LogP contribution in [0.4, 0.5) is 15.9 Å². The fourth-order valence-corrected chi connectivity index (χ4v) is 5.89. The van der Waals surface area contributed by atoms with Gasteiger partial charge in [-0.15, -0.1) is 0 Å². The number of allylic oxidation sites excluding steroid dienone is 2. The van der Waals surface area contributed by atoms with Crippen LogP contribution in [0.1, 0.15) is 87.9 Å². The number of aromatic nitrogens is 3. The van der Waals surface area contributed by atoms with Crippen molar-refractivity contribution >= 4 is 46.6 Å². The molecule has 2 amide bonds. The molecule has 250 valence electrons. The molecule has 1 atom stereocenters. The number of nitrogens with zero attached hydrogens (tertiary/aromatic N) is 3. The van der Waals surface area contributed by atoms with Gasteiger partial charge in [-0.1, -0.05) is 80.6 Å². The van der Waals surface area contributed by atoms with Gasteiger partial charge in [0.05, 0.1) is 11.1 Å². The van der Waals surface area contributed by atoms with Crippen LogP contribution < -0.4 is 21.9 Å². The number of hydrogen-bond acceptors (Lipinski definition) is 7. The molecule has 11 heteroatoms. The molecule has 3 aromatic rings. The molecule has 1 unspecified atom stereocenters. The van der Waals surface area contributed by atoms with Crippen LogP contribution >= 0.6 is 11.8 Å². The predicted octanol–water partition coefficient (Wildman–Crippen LogP) is 7.37. The maximum Gasteiger partial charge on any atom is 0.278 e. The number of nitrogens with two attached hydrogens (primary N) is 1. The molecule has 0 bridgehead atoms. The second kappa shape index (κ2) is 18.6. The Kier molecular flexibility index (Phi) is 14.6. The highest BCUT2D eigenvalue weighted by Crippen LogP contribution is 2.37. The van der Waals surface area contributed by atoms with Crippen molar-refractivity contribution in [2.45, 2.75) is 78.7 Å². The van der Waals surface area contributed by atoms with E-state index in [9.17, 15) is 18.8 Å². The third-order valence-electron chi connectivity index (χ3n) is 7.44. The Morgan fingerprint density at radius 2 is 1.91 bits per heavy atom. The number of benzene rings is 1. The van der Waals surface area contributed by atoms with Crippen LogP contribution in [0.2, 0.25) is 0 Å². The van der Waals surface area contributed by atoms with Gasteiger partial charge in [0.2, 0.25) is 12.3 Å². The molecule has 1 aromatic carbocycles. The van der Waals surface area contributed by atoms with Crippen LogP contribution in [0.3, 0.4) is 0 Å². The van der Waals surface area contributed by atoms with Crippen LogP contribution in [-0.4, -0.2) is 33.4 Å². The van der Waals surface area contributed by atoms with Crippen molar-refractivity contribution in [2.75, 3.05) is 17.6 Å². The molecule has 0 spiro atoms. The molecule has 3 heterocycles. The molecule has 4 rings (SSSR count). The van der Waals surface area contributed by atoms with E-state index in [-0.39, 0.29) is 17.4 Å². The topological polar surface area (TPSA) is 132 Å². The van der Waals surface area contributed by atoms with Gasteiger partial charge in [0, 0.05) is 25.6 Å². The van der Waals surface area contributed by atoms with Crippen molar-refractivity contribution in [1.82, 2.24) is 19.9 Å². The third-order valence-corrected chi connectivity index (χ3v) is 8.45. The number of pyridine rings is 1. The molecule has 1 aliphatic rings. The molecule has 47 heavy (non-hydrogen) atoms. The smallest absolute Gasteiger partial charge is 0.278 e. The number of amides is 2. The summed E-state index contributed by atoms with van der Waals surface area (Å²) in [7, 11) is 0. The van der Waals surface area contributed by atoms with E-state index in [4.69, 9.17) is 5.73 Å². The zero-order valence-electron chi connectivity index (χ0n) is 27.6. The highest BCUT2D eigenvalue weighted by molar-refractivity contribution is 8.11. The maximum absolute atomic E-state index is 13.9. The van der Waals surface area contributed by atoms with Crippen molar-refractivity contribution in [3.8, 4) is 0 Å². The Hall–Kier alpha value is -4.51. The van der Waals surface area contributed by atoms with Gasteiger partial charge in [0.15, 0.2) is 0 Å². The Bertz CT molecular complexity index is 1670. The number of hydrogen-bond donors (Lipinski definition) is 3. The van der Waals surface area contributed by atoms with E-state index in [0.717, 1.165) is 52.9 Å². The third kappa shape index (κ3) is 10.8. The van der Waals surface area contributed by atoms with Gasteiger partial charge in [-0.3, -0.25) is 19.0 Å². The first-order chi connectivity index (χ1) is 22.6. The standard InChI is InChI=1S/C22H28N6O3.C14H17FS/c1-3-4-5-15(9-16-11-24-19(23)8-14(16)2)10-26-21(30)18-6-7-20-25-12-17(27-13-29)22(31)28(18)20;1-4-8-13(15)14(16-11(2)3)12-9-6-5-7-10-12/h8-9,11-13,18H,3-7,10H2,1-2H3,(H2,23,24)(H,26,30)(H,27,29);5-7,9-10H,2,4,8H2,1,3H3/b15-9+;14-13+. The van der Waals surface area contributed by atoms with Gasteiger partial charge < -0.3 is 16.4 Å². The van der Waals surface area contributed by atoms with E-state index in [1.165, 1.54) is 22.5 Å². The lowest BCUT2D eigenvalue weighted by atomic mass is 10.0. The summed E-state index contributed by atoms with van der Waals surface area (Å²) in [4.78, 5) is 46.3. The second-order valence-corrected chi connectivity index (χ2v) is 12.6. The average molecular weight is 661 g/mol. The van der Waals surface area contributed by atoms with Gasteiger partial charge in [0.25, 0.3) is 5.56 Å². The number of nitrogen functional groups attached to an aromatic ring is 1. The van der Waals surface area contributed by atoms with E-state index < -0.39 is 11.6 Å². The molecule has 4 N–H and O–H groups in total. The number of thioether (sulfide) groups is 1. The molecular formula is C36H45FN6O3S. The fourth-order valence-electron chi connectivity index (χ4n) is 5.08. The van der Waals surface area contributed by atoms with Crippen LogP contribution in [0.25, 0.3) is 11.0 Å². The van der Waals surface area contributed by atoms with E-state index in [0.29, 0.717) is 48.8 Å². The first-order valence-corrected chi connectivity index (χ1v) is 16.7. The Balaban J connectivity index is 0.000000316. The van der Waals surface area contributed by atoms with E-state index in [1.807, 2.05) is 63.2 Å². The molecule has 1 aliphatic heterocycles. The Morgan fingerprint density at radius 3 is 2.55 bits per heavy atom. The highest BCUT2D eigenvalue weighted by atomic mass is 32.2. The fraction of sp³-hybridized carbons (Fsp3) is 0.361. The summed E-state index contributed by atoms with van der Waals surface area (Å²) in [6, 6.07) is 10.8. The zero-order chi connectivity index (χ0) is 34.3. The summed E-state index contributed by atoms with van der Waals surface area (Å²) >= 11 is 1.41. The van der Waals surface area contributed by atoms with Crippen LogP contribution in [-0.2, 0) is 16.0 Å². The van der Waals surface area contributed by atoms with Gasteiger partial charge in [-0.25, -0.2) is 14.4 Å². The maximum atomic E-state index is 13.9. The van der Waals surface area contributed by atoms with Gasteiger partial charge in [-0.2, -0.15) is 0 Å². The molecule has 2 aromatic heterocycles. The Morgan fingerprint density at radius 1 is 1.17 bits per heavy atom. The van der Waals surface area contributed by atoms with Crippen LogP contribution in [0.5, 0.6) is 0 Å². The predicted molar refractivity (Wildman–Crippen MR) is 191 cm³/mol. The summed E-state index contributed by atoms with van der Waals surface area (Å²) in [5.74, 6) is 0.745. The highest BCUT2D eigenvalue weighted by Gasteiger charge is 2.31. The minimum Gasteiger partial charge on any atom is -0.384 e. The molecule has 0 radical (unpaired) electrons. The molecule has 0 fully saturated rings. The molecular weight excluding hydrogens is 616 g/mol. The average Bonchev–Trinajstić information content (AvgIpc) is 3.49. The van der Waals surface area contributed by atoms with Gasteiger partial charge in [-0.05, 0) is 67.2 Å². The summed E-state index contributed by atoms with van der Waals surface area (Å²) < 4.78 is 15.3. The summed E-state index contributed by atoms with van der Waals surface area (Å²) in [6.07, 6.45) is 10.7. The normalized spacial score (nSPS) is 14.3. The first-order valence-electron chi connectivity index (χ1n) is 15.9. The quantitative estimate of drug-likeness (QED) is 0.154. The molecule has 0 saturated heterocycles. The van der Waals surface area contributed by atoms with E-state index in [1.54, 1.807) is 6.20 Å². The number of rotatable bonds is 14. The largest absolute Gasteiger partial charge is 0.384 e. The summed E-state index contributed by atoms with van der Waals surface area (Å²) in [5, 5.41) is 5.32. The SMILES string of the molecule is C=C(C)S/C(=C(/F)CCC)c1ccccc1.CCCC/C(=C\c1cnc(N)cc1C)CNC(=O)C1CCc2ncc(NC=O)c(=O)n21. The summed E-state index contributed by atoms with van der Waals surface area (Å²) in [6.45, 7) is 12.2. The molecule has 9 nitrogen and oxygen atoms in total. The van der Waals surface area contributed by atoms with E-state index >= 15 is 0 Å². The number of fused-ring (bicyclic) bond motifs is 1. The summed E-state index contributed by atoms with van der Waals surface area (Å²) in [5.41, 5.74) is 9.38. The first kappa shape index (κ1) is 37.0. The lowest BCUT2D eigenvalue weighted by Gasteiger charge is -2.16. The number of anilines is 2. The van der Waals surface area contributed by atoms with Crippen molar-refractivity contribution < 1.29 is 14.0 Å². The van der Waals surface area contributed by atoms with Gasteiger partial charge >= 0.3 is 0 Å². The monoisotopic (exact) mass is 660 g/mol. The molecule has 0 saturated carbocycles. The number of carbonyl (C=O) groups excluding carboxylic acids is 2. The van der Waals surface area contributed by atoms with Crippen LogP contribution in [0.15, 0.2) is 76.5 Å². The lowest BCUT2D eigenvalue weighted by Crippen LogP contribution is -2.37. The number of halogens is 1. The number of carbonyl (C=O) groups is 2. The number of nitrogens with one attached hydrogen (secondary N) is 2. The second-order valence-electron chi connectivity index (χ2n) is 11.3. The van der Waals surface area contributed by atoms with Crippen molar-refractivity contribution in [2.24, 2.45) is 0 Å². The van der Waals surface area contributed by atoms with Crippen molar-refractivity contribution in [1.29, 1.82) is 0 Å². The zero-order valence-corrected chi connectivity index (χ0v) is 28.5. The number of unbranched alkanes of at least 4 members (excludes halogenated alkanes) is 1. The van der Waals surface area contributed by atoms with Crippen molar-refractivity contribution in [3.63, 3.8) is 0 Å². The number of aryl methyl sites for hydroxylation is 2. The van der Waals surface area contributed by atoms with Gasteiger partial charge in [0.1, 0.15) is 29.2 Å². The van der Waals surface area contributed by atoms with E-state index in [2.05, 4.69) is 34.1 Å². The lowest BCUT2D eigenvalue weighted by molar-refractivity contribution is -0.124. The Labute approximate surface area is 280 Å². The van der Waals surface area contributed by atoms with Crippen molar-refractivity contribution in [3.05, 3.63) is 105 Å².